The van der Waals surface area contributed by atoms with Gasteiger partial charge in [0.1, 0.15) is 40.2 Å². The minimum atomic E-state index is -3.34. The van der Waals surface area contributed by atoms with Crippen LogP contribution in [0.15, 0.2) is 78.9 Å². The van der Waals surface area contributed by atoms with Gasteiger partial charge in [-0.25, -0.2) is 0 Å². The molecule has 39 heavy (non-hydrogen) atoms. The Bertz CT molecular complexity index is 1290. The average Bonchev–Trinajstić information content (AvgIpc) is 3.01. The molecule has 4 aromatic carbocycles. The van der Waals surface area contributed by atoms with Crippen LogP contribution in [0.2, 0.25) is 0 Å². The number of hydrogen-bond acceptors (Lipinski definition) is 7. The summed E-state index contributed by atoms with van der Waals surface area (Å²) in [5.74, 6) is 4.47. The first-order chi connectivity index (χ1) is 19.0. The Kier molecular flexibility index (Phi) is 8.56. The van der Waals surface area contributed by atoms with Crippen molar-refractivity contribution in [2.45, 2.75) is 0 Å². The highest BCUT2D eigenvalue weighted by atomic mass is 28.3. The number of rotatable bonds is 11. The van der Waals surface area contributed by atoms with Gasteiger partial charge in [-0.3, -0.25) is 0 Å². The molecular weight excluding hydrogens is 512 g/mol. The summed E-state index contributed by atoms with van der Waals surface area (Å²) in [5.41, 5.74) is 0. The summed E-state index contributed by atoms with van der Waals surface area (Å²) < 4.78 is 41.1. The van der Waals surface area contributed by atoms with Gasteiger partial charge in [0.05, 0.1) is 49.8 Å². The van der Waals surface area contributed by atoms with E-state index in [0.717, 1.165) is 26.5 Å². The lowest BCUT2D eigenvalue weighted by atomic mass is 10.3. The van der Waals surface area contributed by atoms with Gasteiger partial charge in [-0.1, -0.05) is 42.5 Å². The van der Waals surface area contributed by atoms with E-state index in [9.17, 15) is 0 Å². The molecule has 0 aliphatic heterocycles. The zero-order valence-corrected chi connectivity index (χ0v) is 24.4. The lowest BCUT2D eigenvalue weighted by Crippen LogP contribution is -2.75. The third kappa shape index (κ3) is 4.83. The van der Waals surface area contributed by atoms with E-state index in [1.807, 2.05) is 54.6 Å². The van der Waals surface area contributed by atoms with Crippen LogP contribution in [0.1, 0.15) is 0 Å². The Morgan fingerprint density at radius 3 is 1.08 bits per heavy atom. The van der Waals surface area contributed by atoms with E-state index in [2.05, 4.69) is 24.3 Å². The van der Waals surface area contributed by atoms with Crippen LogP contribution in [-0.2, 0) is 0 Å². The van der Waals surface area contributed by atoms with Crippen LogP contribution in [0.3, 0.4) is 0 Å². The maximum absolute atomic E-state index is 6.08. The van der Waals surface area contributed by atoms with E-state index in [1.165, 1.54) is 0 Å². The van der Waals surface area contributed by atoms with Crippen LogP contribution in [0.25, 0.3) is 0 Å². The fourth-order valence-corrected chi connectivity index (χ4v) is 10.4. The summed E-state index contributed by atoms with van der Waals surface area (Å²) >= 11 is 0. The third-order valence-electron chi connectivity index (χ3n) is 6.91. The Morgan fingerprint density at radius 1 is 0.385 bits per heavy atom. The smallest absolute Gasteiger partial charge is 0.197 e. The van der Waals surface area contributed by atoms with Gasteiger partial charge in [-0.15, -0.1) is 0 Å². The van der Waals surface area contributed by atoms with Gasteiger partial charge in [0, 0.05) is 34.6 Å². The molecule has 0 radical (unpaired) electrons. The predicted octanol–water partition coefficient (Wildman–Crippen LogP) is 3.12. The minimum Gasteiger partial charge on any atom is -0.497 e. The van der Waals surface area contributed by atoms with E-state index in [0.29, 0.717) is 34.5 Å². The molecule has 0 fully saturated rings. The molecule has 0 aliphatic rings. The highest BCUT2D eigenvalue weighted by Crippen LogP contribution is 2.34. The quantitative estimate of drug-likeness (QED) is 0.212. The summed E-state index contributed by atoms with van der Waals surface area (Å²) in [6.07, 6.45) is 0. The molecule has 0 saturated heterocycles. The second-order valence-corrected chi connectivity index (χ2v) is 12.3. The van der Waals surface area contributed by atoms with E-state index >= 15 is 0 Å². The van der Waals surface area contributed by atoms with Crippen LogP contribution < -0.4 is 53.9 Å². The van der Waals surface area contributed by atoms with E-state index in [-0.39, 0.29) is 0 Å². The molecule has 4 aromatic rings. The van der Waals surface area contributed by atoms with Crippen LogP contribution in [-0.4, -0.2) is 57.8 Å². The second-order valence-electron chi connectivity index (χ2n) is 8.66. The topological polar surface area (TPSA) is 64.6 Å². The second kappa shape index (κ2) is 12.0. The summed E-state index contributed by atoms with van der Waals surface area (Å²) in [6, 6.07) is 26.0. The van der Waals surface area contributed by atoms with Crippen molar-refractivity contribution in [3.8, 4) is 40.2 Å². The van der Waals surface area contributed by atoms with E-state index in [4.69, 9.17) is 33.2 Å². The molecule has 4 rings (SSSR count). The molecule has 0 unspecified atom stereocenters. The highest BCUT2D eigenvalue weighted by Gasteiger charge is 2.50. The summed E-state index contributed by atoms with van der Waals surface area (Å²) in [5, 5.41) is 3.87. The maximum atomic E-state index is 6.08. The van der Waals surface area contributed by atoms with Crippen molar-refractivity contribution in [3.63, 3.8) is 0 Å². The average molecular weight is 547 g/mol. The SMILES string of the molecule is COc1ccc([Si](c2ccccc2)(c2c(OC)cc(OC)cc2OC)c2c(OC)cc(OC)cc2OC)cc1. The first kappa shape index (κ1) is 27.7. The van der Waals surface area contributed by atoms with Crippen molar-refractivity contribution in [2.24, 2.45) is 0 Å². The standard InChI is InChI=1S/C31H34O7Si/c1-32-21-13-15-25(16-14-21)39(24-11-9-8-10-12-24,30-26(35-4)17-22(33-2)18-27(30)36-5)31-28(37-6)19-23(34-3)20-29(31)38-7/h8-20H,1-7H3. The highest BCUT2D eigenvalue weighted by molar-refractivity contribution is 7.21. The van der Waals surface area contributed by atoms with Crippen molar-refractivity contribution in [3.05, 3.63) is 78.9 Å². The van der Waals surface area contributed by atoms with Crippen LogP contribution in [0, 0.1) is 0 Å². The summed E-state index contributed by atoms with van der Waals surface area (Å²) in [6.45, 7) is 0. The molecule has 8 heteroatoms. The van der Waals surface area contributed by atoms with Gasteiger partial charge in [0.15, 0.2) is 8.07 Å². The number of hydrogen-bond donors (Lipinski definition) is 0. The van der Waals surface area contributed by atoms with Gasteiger partial charge in [-0.2, -0.15) is 0 Å². The molecule has 0 aromatic heterocycles. The fourth-order valence-electron chi connectivity index (χ4n) is 5.15. The van der Waals surface area contributed by atoms with Gasteiger partial charge in [0.2, 0.25) is 0 Å². The zero-order valence-electron chi connectivity index (χ0n) is 23.4. The molecule has 0 N–H and O–H groups in total. The van der Waals surface area contributed by atoms with Crippen molar-refractivity contribution in [1.29, 1.82) is 0 Å². The minimum absolute atomic E-state index is 0.617. The van der Waals surface area contributed by atoms with Crippen molar-refractivity contribution in [1.82, 2.24) is 0 Å². The molecule has 0 aliphatic carbocycles. The van der Waals surface area contributed by atoms with Gasteiger partial charge < -0.3 is 33.2 Å². The normalized spacial score (nSPS) is 10.9. The van der Waals surface area contributed by atoms with Crippen molar-refractivity contribution < 1.29 is 33.2 Å². The van der Waals surface area contributed by atoms with Gasteiger partial charge >= 0.3 is 0 Å². The monoisotopic (exact) mass is 546 g/mol. The molecule has 7 nitrogen and oxygen atoms in total. The largest absolute Gasteiger partial charge is 0.497 e. The van der Waals surface area contributed by atoms with Gasteiger partial charge in [-0.05, 0) is 22.5 Å². The summed E-state index contributed by atoms with van der Waals surface area (Å²) in [4.78, 5) is 0. The third-order valence-corrected chi connectivity index (χ3v) is 11.8. The number of methoxy groups -OCH3 is 7. The van der Waals surface area contributed by atoms with E-state index in [1.54, 1.807) is 49.8 Å². The summed E-state index contributed by atoms with van der Waals surface area (Å²) in [7, 11) is 8.16. The number of ether oxygens (including phenoxy) is 7. The Morgan fingerprint density at radius 2 is 0.744 bits per heavy atom. The number of benzene rings is 4. The first-order valence-corrected chi connectivity index (χ1v) is 14.3. The van der Waals surface area contributed by atoms with Crippen molar-refractivity contribution >= 4 is 28.8 Å². The fraction of sp³-hybridized carbons (Fsp3) is 0.226. The van der Waals surface area contributed by atoms with Crippen molar-refractivity contribution in [2.75, 3.05) is 49.8 Å². The van der Waals surface area contributed by atoms with Gasteiger partial charge in [0.25, 0.3) is 0 Å². The molecule has 204 valence electrons. The van der Waals surface area contributed by atoms with E-state index < -0.39 is 8.07 Å². The lowest BCUT2D eigenvalue weighted by molar-refractivity contribution is 0.378. The molecule has 0 bridgehead atoms. The lowest BCUT2D eigenvalue weighted by Gasteiger charge is -2.38. The molecule has 0 spiro atoms. The Hall–Kier alpha value is -4.30. The molecule has 0 atom stereocenters. The predicted molar refractivity (Wildman–Crippen MR) is 156 cm³/mol. The zero-order chi connectivity index (χ0) is 28.0. The molecular formula is C31H34O7Si. The maximum Gasteiger partial charge on any atom is 0.197 e. The molecule has 0 heterocycles. The first-order valence-electron chi connectivity index (χ1n) is 12.3. The Balaban J connectivity index is 2.33. The van der Waals surface area contributed by atoms with Crippen LogP contribution in [0.4, 0.5) is 0 Å². The van der Waals surface area contributed by atoms with Crippen LogP contribution >= 0.6 is 0 Å². The van der Waals surface area contributed by atoms with Crippen LogP contribution in [0.5, 0.6) is 40.2 Å². The molecule has 0 saturated carbocycles. The Labute approximate surface area is 230 Å². The molecule has 0 amide bonds.